The number of hydrogen-bond donors (Lipinski definition) is 0. The first-order chi connectivity index (χ1) is 5.77. The maximum atomic E-state index is 7.02. The van der Waals surface area contributed by atoms with Gasteiger partial charge in [0.25, 0.3) is 5.89 Å². The zero-order chi connectivity index (χ0) is 8.55. The molecule has 0 atom stereocenters. The summed E-state index contributed by atoms with van der Waals surface area (Å²) < 4.78 is 13.7. The van der Waals surface area contributed by atoms with Crippen LogP contribution >= 0.6 is 0 Å². The van der Waals surface area contributed by atoms with E-state index in [1.165, 1.54) is 0 Å². The molecule has 0 spiro atoms. The highest BCUT2D eigenvalue weighted by Crippen LogP contribution is 2.12. The Bertz CT molecular complexity index is 394. The van der Waals surface area contributed by atoms with Crippen LogP contribution in [0.1, 0.15) is 1.37 Å². The van der Waals surface area contributed by atoms with E-state index in [0.717, 1.165) is 0 Å². The van der Waals surface area contributed by atoms with Crippen LogP contribution in [-0.2, 0) is 7.05 Å². The van der Waals surface area contributed by atoms with Crippen molar-refractivity contribution < 1.29 is 5.79 Å². The third-order valence-electron chi connectivity index (χ3n) is 1.36. The first kappa shape index (κ1) is 5.06. The molecule has 11 heavy (non-hydrogen) atoms. The molecule has 5 nitrogen and oxygen atoms in total. The lowest BCUT2D eigenvalue weighted by molar-refractivity contribution is 0.563. The van der Waals surface area contributed by atoms with Crippen LogP contribution in [0.4, 0.5) is 0 Å². The SMILES string of the molecule is [2H]c1nnc(-c2cncn2C)o1. The Labute approximate surface area is 64.1 Å². The summed E-state index contributed by atoms with van der Waals surface area (Å²) >= 11 is 0. The van der Waals surface area contributed by atoms with Gasteiger partial charge in [0.2, 0.25) is 6.37 Å². The van der Waals surface area contributed by atoms with Crippen molar-refractivity contribution in [3.63, 3.8) is 0 Å². The summed E-state index contributed by atoms with van der Waals surface area (Å²) in [5, 5.41) is 7.08. The van der Waals surface area contributed by atoms with Crippen molar-refractivity contribution in [1.82, 2.24) is 19.7 Å². The molecule has 2 heterocycles. The minimum Gasteiger partial charge on any atom is -0.422 e. The second-order valence-electron chi connectivity index (χ2n) is 2.09. The van der Waals surface area contributed by atoms with E-state index in [4.69, 9.17) is 5.79 Å². The number of rotatable bonds is 1. The van der Waals surface area contributed by atoms with Crippen LogP contribution in [0, 0.1) is 0 Å². The monoisotopic (exact) mass is 151 g/mol. The van der Waals surface area contributed by atoms with Crippen molar-refractivity contribution in [3.05, 3.63) is 18.9 Å². The lowest BCUT2D eigenvalue weighted by atomic mass is 10.5. The summed E-state index contributed by atoms with van der Waals surface area (Å²) in [6.45, 7) is 0. The maximum Gasteiger partial charge on any atom is 0.265 e. The lowest BCUT2D eigenvalue weighted by Crippen LogP contribution is -1.88. The van der Waals surface area contributed by atoms with Gasteiger partial charge in [0.05, 0.1) is 12.5 Å². The van der Waals surface area contributed by atoms with Crippen LogP contribution in [0.2, 0.25) is 0 Å². The van der Waals surface area contributed by atoms with E-state index in [0.29, 0.717) is 11.6 Å². The van der Waals surface area contributed by atoms with Gasteiger partial charge < -0.3 is 8.98 Å². The molecule has 0 radical (unpaired) electrons. The fraction of sp³-hybridized carbons (Fsp3) is 0.167. The van der Waals surface area contributed by atoms with E-state index in [9.17, 15) is 0 Å². The second-order valence-corrected chi connectivity index (χ2v) is 2.09. The molecule has 2 rings (SSSR count). The quantitative estimate of drug-likeness (QED) is 0.594. The summed E-state index contributed by atoms with van der Waals surface area (Å²) in [6.07, 6.45) is 3.04. The van der Waals surface area contributed by atoms with Gasteiger partial charge in [-0.3, -0.25) is 0 Å². The van der Waals surface area contributed by atoms with Crippen molar-refractivity contribution in [3.8, 4) is 11.6 Å². The Morgan fingerprint density at radius 1 is 1.73 bits per heavy atom. The van der Waals surface area contributed by atoms with Crippen molar-refractivity contribution in [2.75, 3.05) is 0 Å². The third-order valence-corrected chi connectivity index (χ3v) is 1.36. The van der Waals surface area contributed by atoms with E-state index in [1.54, 1.807) is 17.1 Å². The predicted molar refractivity (Wildman–Crippen MR) is 36.5 cm³/mol. The number of aryl methyl sites for hydroxylation is 1. The molecule has 0 aromatic carbocycles. The maximum absolute atomic E-state index is 7.02. The third kappa shape index (κ3) is 0.899. The molecule has 2 aromatic heterocycles. The van der Waals surface area contributed by atoms with E-state index in [-0.39, 0.29) is 6.37 Å². The minimum atomic E-state index is -0.189. The zero-order valence-electron chi connectivity index (χ0n) is 6.85. The highest BCUT2D eigenvalue weighted by atomic mass is 16.4. The van der Waals surface area contributed by atoms with Crippen molar-refractivity contribution >= 4 is 0 Å². The first-order valence-electron chi connectivity index (χ1n) is 3.54. The fourth-order valence-electron chi connectivity index (χ4n) is 0.817. The Kier molecular flexibility index (Phi) is 1.01. The molecule has 0 aliphatic carbocycles. The molecule has 5 heteroatoms. The van der Waals surface area contributed by atoms with Gasteiger partial charge in [-0.15, -0.1) is 10.2 Å². The van der Waals surface area contributed by atoms with E-state index >= 15 is 0 Å². The molecular weight excluding hydrogens is 144 g/mol. The van der Waals surface area contributed by atoms with Gasteiger partial charge in [-0.2, -0.15) is 0 Å². The molecule has 0 bridgehead atoms. The Hall–Kier alpha value is -1.65. The Morgan fingerprint density at radius 3 is 3.18 bits per heavy atom. The van der Waals surface area contributed by atoms with Crippen LogP contribution in [-0.4, -0.2) is 19.7 Å². The number of aromatic nitrogens is 4. The van der Waals surface area contributed by atoms with Crippen LogP contribution in [0.15, 0.2) is 23.3 Å². The standard InChI is InChI=1S/C6H6N4O/c1-10-3-7-2-5(10)6-9-8-4-11-6/h2-4H,1H3/i4D. The molecule has 0 saturated heterocycles. The molecule has 0 amide bonds. The summed E-state index contributed by atoms with van der Waals surface area (Å²) in [5.74, 6) is 0.319. The average Bonchev–Trinajstić information content (AvgIpc) is 2.58. The van der Waals surface area contributed by atoms with Crippen molar-refractivity contribution in [2.45, 2.75) is 0 Å². The van der Waals surface area contributed by atoms with Crippen LogP contribution in [0.3, 0.4) is 0 Å². The van der Waals surface area contributed by atoms with Crippen LogP contribution in [0.5, 0.6) is 0 Å². The number of hydrogen-bond acceptors (Lipinski definition) is 4. The molecule has 0 saturated carbocycles. The predicted octanol–water partition coefficient (Wildman–Crippen LogP) is 0.470. The Morgan fingerprint density at radius 2 is 2.64 bits per heavy atom. The van der Waals surface area contributed by atoms with E-state index in [2.05, 4.69) is 15.2 Å². The minimum absolute atomic E-state index is 0.189. The molecule has 0 fully saturated rings. The van der Waals surface area contributed by atoms with Gasteiger partial charge in [0.1, 0.15) is 7.06 Å². The van der Waals surface area contributed by atoms with Gasteiger partial charge in [-0.05, 0) is 0 Å². The van der Waals surface area contributed by atoms with E-state index in [1.807, 2.05) is 7.05 Å². The summed E-state index contributed by atoms with van der Waals surface area (Å²) in [5.41, 5.74) is 0.709. The van der Waals surface area contributed by atoms with Gasteiger partial charge in [0, 0.05) is 7.05 Å². The second kappa shape index (κ2) is 2.19. The lowest BCUT2D eigenvalue weighted by Gasteiger charge is -1.92. The first-order valence-corrected chi connectivity index (χ1v) is 3.04. The molecule has 0 aliphatic heterocycles. The summed E-state index contributed by atoms with van der Waals surface area (Å²) in [6, 6.07) is 0. The molecule has 0 unspecified atom stereocenters. The van der Waals surface area contributed by atoms with Crippen LogP contribution in [0.25, 0.3) is 11.6 Å². The molecule has 0 aliphatic rings. The summed E-state index contributed by atoms with van der Waals surface area (Å²) in [4.78, 5) is 3.88. The average molecular weight is 151 g/mol. The number of imidazole rings is 1. The van der Waals surface area contributed by atoms with Crippen LogP contribution < -0.4 is 0 Å². The molecule has 2 aromatic rings. The fourth-order valence-corrected chi connectivity index (χ4v) is 0.817. The Balaban J connectivity index is 2.50. The summed E-state index contributed by atoms with van der Waals surface area (Å²) in [7, 11) is 1.82. The molecule has 56 valence electrons. The topological polar surface area (TPSA) is 56.7 Å². The van der Waals surface area contributed by atoms with Crippen molar-refractivity contribution in [2.24, 2.45) is 7.05 Å². The van der Waals surface area contributed by atoms with Gasteiger partial charge in [0.15, 0.2) is 0 Å². The van der Waals surface area contributed by atoms with E-state index < -0.39 is 0 Å². The normalized spacial score (nSPS) is 11.5. The van der Waals surface area contributed by atoms with Gasteiger partial charge in [-0.1, -0.05) is 0 Å². The largest absolute Gasteiger partial charge is 0.422 e. The van der Waals surface area contributed by atoms with Gasteiger partial charge in [-0.25, -0.2) is 4.98 Å². The zero-order valence-corrected chi connectivity index (χ0v) is 5.85. The highest BCUT2D eigenvalue weighted by Gasteiger charge is 2.05. The highest BCUT2D eigenvalue weighted by molar-refractivity contribution is 5.44. The van der Waals surface area contributed by atoms with Crippen molar-refractivity contribution in [1.29, 1.82) is 0 Å². The molecular formula is C6H6N4O. The smallest absolute Gasteiger partial charge is 0.265 e. The number of nitrogens with zero attached hydrogens (tertiary/aromatic N) is 4. The molecule has 0 N–H and O–H groups in total. The van der Waals surface area contributed by atoms with Gasteiger partial charge >= 0.3 is 0 Å².